The number of nitrogens with one attached hydrogen (secondary N) is 1. The van der Waals surface area contributed by atoms with Gasteiger partial charge < -0.3 is 9.52 Å². The molecule has 3 rings (SSSR count). The van der Waals surface area contributed by atoms with Crippen LogP contribution in [0, 0.1) is 6.92 Å². The molecule has 0 unspecified atom stereocenters. The minimum atomic E-state index is -0.379. The Labute approximate surface area is 127 Å². The van der Waals surface area contributed by atoms with Crippen molar-refractivity contribution in [3.8, 4) is 17.0 Å². The van der Waals surface area contributed by atoms with E-state index in [4.69, 9.17) is 4.42 Å². The van der Waals surface area contributed by atoms with Crippen molar-refractivity contribution < 1.29 is 9.52 Å². The third kappa shape index (κ3) is 2.39. The molecule has 0 spiro atoms. The zero-order valence-corrected chi connectivity index (χ0v) is 12.6. The number of phenolic OH excluding ortho intramolecular Hbond substituents is 1. The highest BCUT2D eigenvalue weighted by Crippen LogP contribution is 2.37. The Balaban J connectivity index is 2.31. The van der Waals surface area contributed by atoms with Gasteiger partial charge >= 0.3 is 5.63 Å². The van der Waals surface area contributed by atoms with E-state index in [1.54, 1.807) is 25.3 Å². The van der Waals surface area contributed by atoms with Crippen molar-refractivity contribution in [2.24, 2.45) is 0 Å². The molecule has 2 heterocycles. The fourth-order valence-electron chi connectivity index (χ4n) is 2.70. The number of aromatic amines is 1. The van der Waals surface area contributed by atoms with Gasteiger partial charge in [-0.15, -0.1) is 0 Å². The van der Waals surface area contributed by atoms with Gasteiger partial charge in [0.25, 0.3) is 0 Å². The van der Waals surface area contributed by atoms with Crippen LogP contribution in [0.15, 0.2) is 33.6 Å². The van der Waals surface area contributed by atoms with Crippen LogP contribution in [-0.4, -0.2) is 15.3 Å². The first kappa shape index (κ1) is 14.4. The van der Waals surface area contributed by atoms with Crippen molar-refractivity contribution >= 4 is 11.0 Å². The summed E-state index contributed by atoms with van der Waals surface area (Å²) in [5.41, 5.74) is 2.99. The third-order valence-electron chi connectivity index (χ3n) is 3.92. The van der Waals surface area contributed by atoms with Gasteiger partial charge in [0.05, 0.1) is 5.69 Å². The van der Waals surface area contributed by atoms with Crippen molar-refractivity contribution in [1.82, 2.24) is 10.2 Å². The Morgan fingerprint density at radius 3 is 2.86 bits per heavy atom. The molecule has 0 aliphatic heterocycles. The Bertz CT molecular complexity index is 864. The smallest absolute Gasteiger partial charge is 0.336 e. The fourth-order valence-corrected chi connectivity index (χ4v) is 2.70. The van der Waals surface area contributed by atoms with Gasteiger partial charge in [-0.25, -0.2) is 4.79 Å². The molecule has 0 saturated heterocycles. The van der Waals surface area contributed by atoms with Gasteiger partial charge in [0.2, 0.25) is 0 Å². The van der Waals surface area contributed by atoms with Gasteiger partial charge in [-0.3, -0.25) is 5.10 Å². The van der Waals surface area contributed by atoms with Crippen molar-refractivity contribution in [1.29, 1.82) is 0 Å². The minimum absolute atomic E-state index is 0.104. The number of nitrogens with zero attached hydrogens (tertiary/aromatic N) is 1. The Hall–Kier alpha value is -2.56. The topological polar surface area (TPSA) is 79.1 Å². The summed E-state index contributed by atoms with van der Waals surface area (Å²) in [5.74, 6) is 0.104. The molecule has 3 aromatic rings. The quantitative estimate of drug-likeness (QED) is 0.722. The molecule has 5 heteroatoms. The standard InChI is InChI=1S/C17H18N2O3/c1-3-4-5-11-8-15(20)22-17-10(2)16(21)13(9-12(11)17)14-6-7-18-19-14/h6-9,21H,3-5H2,1-2H3,(H,18,19). The molecule has 22 heavy (non-hydrogen) atoms. The van der Waals surface area contributed by atoms with E-state index in [1.807, 2.05) is 6.07 Å². The zero-order chi connectivity index (χ0) is 15.7. The Morgan fingerprint density at radius 1 is 1.36 bits per heavy atom. The third-order valence-corrected chi connectivity index (χ3v) is 3.92. The first-order valence-corrected chi connectivity index (χ1v) is 7.41. The zero-order valence-electron chi connectivity index (χ0n) is 12.6. The number of hydrogen-bond acceptors (Lipinski definition) is 4. The summed E-state index contributed by atoms with van der Waals surface area (Å²) in [4.78, 5) is 11.8. The first-order chi connectivity index (χ1) is 10.6. The lowest BCUT2D eigenvalue weighted by molar-refractivity contribution is 0.470. The Morgan fingerprint density at radius 2 is 2.18 bits per heavy atom. The lowest BCUT2D eigenvalue weighted by Gasteiger charge is -2.11. The van der Waals surface area contributed by atoms with Gasteiger partial charge in [0.15, 0.2) is 0 Å². The lowest BCUT2D eigenvalue weighted by Crippen LogP contribution is -2.02. The highest BCUT2D eigenvalue weighted by Gasteiger charge is 2.16. The number of aromatic nitrogens is 2. The largest absolute Gasteiger partial charge is 0.507 e. The molecular weight excluding hydrogens is 280 g/mol. The average molecular weight is 298 g/mol. The maximum Gasteiger partial charge on any atom is 0.336 e. The van der Waals surface area contributed by atoms with Gasteiger partial charge in [0, 0.05) is 28.8 Å². The molecular formula is C17H18N2O3. The molecule has 0 aliphatic carbocycles. The molecule has 0 saturated carbocycles. The van der Waals surface area contributed by atoms with E-state index in [9.17, 15) is 9.90 Å². The van der Waals surface area contributed by atoms with E-state index in [-0.39, 0.29) is 11.4 Å². The van der Waals surface area contributed by atoms with Crippen LogP contribution < -0.4 is 5.63 Å². The van der Waals surface area contributed by atoms with Crippen molar-refractivity contribution in [2.45, 2.75) is 33.1 Å². The molecule has 0 radical (unpaired) electrons. The van der Waals surface area contributed by atoms with Crippen molar-refractivity contribution in [3.05, 3.63) is 45.9 Å². The predicted octanol–water partition coefficient (Wildman–Crippen LogP) is 3.54. The van der Waals surface area contributed by atoms with Crippen LogP contribution in [-0.2, 0) is 6.42 Å². The van der Waals surface area contributed by atoms with E-state index in [1.165, 1.54) is 0 Å². The molecule has 1 aromatic carbocycles. The number of H-pyrrole nitrogens is 1. The molecule has 0 aliphatic rings. The monoisotopic (exact) mass is 298 g/mol. The van der Waals surface area contributed by atoms with Crippen molar-refractivity contribution in [3.63, 3.8) is 0 Å². The predicted molar refractivity (Wildman–Crippen MR) is 85.1 cm³/mol. The highest BCUT2D eigenvalue weighted by atomic mass is 16.4. The van der Waals surface area contributed by atoms with Gasteiger partial charge in [-0.05, 0) is 37.5 Å². The molecule has 2 N–H and O–H groups in total. The number of unbranched alkanes of at least 4 members (excludes halogenated alkanes) is 1. The summed E-state index contributed by atoms with van der Waals surface area (Å²) in [5, 5.41) is 18.1. The summed E-state index contributed by atoms with van der Waals surface area (Å²) in [6, 6.07) is 5.20. The van der Waals surface area contributed by atoms with E-state index in [2.05, 4.69) is 17.1 Å². The van der Waals surface area contributed by atoms with Crippen molar-refractivity contribution in [2.75, 3.05) is 0 Å². The van der Waals surface area contributed by atoms with Crippen LogP contribution in [0.3, 0.4) is 0 Å². The van der Waals surface area contributed by atoms with Gasteiger partial charge in [-0.1, -0.05) is 13.3 Å². The van der Waals surface area contributed by atoms with E-state index >= 15 is 0 Å². The number of rotatable bonds is 4. The number of fused-ring (bicyclic) bond motifs is 1. The first-order valence-electron chi connectivity index (χ1n) is 7.41. The molecule has 0 fully saturated rings. The maximum atomic E-state index is 11.8. The minimum Gasteiger partial charge on any atom is -0.507 e. The summed E-state index contributed by atoms with van der Waals surface area (Å²) in [7, 11) is 0. The second kappa shape index (κ2) is 5.67. The number of phenols is 1. The highest BCUT2D eigenvalue weighted by molar-refractivity contribution is 5.91. The number of aryl methyl sites for hydroxylation is 2. The molecule has 0 atom stereocenters. The summed E-state index contributed by atoms with van der Waals surface area (Å²) >= 11 is 0. The second-order valence-electron chi connectivity index (χ2n) is 5.44. The molecule has 5 nitrogen and oxygen atoms in total. The molecule has 2 aromatic heterocycles. The van der Waals surface area contributed by atoms with Crippen LogP contribution in [0.5, 0.6) is 5.75 Å². The SMILES string of the molecule is CCCCc1cc(=O)oc2c(C)c(O)c(-c3ccn[nH]3)cc12. The normalized spacial score (nSPS) is 11.2. The molecule has 114 valence electrons. The van der Waals surface area contributed by atoms with Crippen LogP contribution in [0.2, 0.25) is 0 Å². The molecule has 0 bridgehead atoms. The summed E-state index contributed by atoms with van der Waals surface area (Å²) in [6.07, 6.45) is 4.49. The van der Waals surface area contributed by atoms with Gasteiger partial charge in [0.1, 0.15) is 11.3 Å². The number of aromatic hydroxyl groups is 1. The number of hydrogen-bond donors (Lipinski definition) is 2. The lowest BCUT2D eigenvalue weighted by atomic mass is 9.98. The second-order valence-corrected chi connectivity index (χ2v) is 5.44. The average Bonchev–Trinajstić information content (AvgIpc) is 3.03. The number of benzene rings is 1. The van der Waals surface area contributed by atoms with Crippen LogP contribution in [0.4, 0.5) is 0 Å². The van der Waals surface area contributed by atoms with E-state index < -0.39 is 0 Å². The van der Waals surface area contributed by atoms with Gasteiger partial charge in [-0.2, -0.15) is 5.10 Å². The van der Waals surface area contributed by atoms with E-state index in [0.717, 1.165) is 35.9 Å². The van der Waals surface area contributed by atoms with Crippen LogP contribution in [0.25, 0.3) is 22.2 Å². The van der Waals surface area contributed by atoms with Crippen LogP contribution >= 0.6 is 0 Å². The van der Waals surface area contributed by atoms with Crippen LogP contribution in [0.1, 0.15) is 30.9 Å². The van der Waals surface area contributed by atoms with E-state index in [0.29, 0.717) is 16.7 Å². The Kier molecular flexibility index (Phi) is 3.71. The molecule has 0 amide bonds. The summed E-state index contributed by atoms with van der Waals surface area (Å²) in [6.45, 7) is 3.87. The fraction of sp³-hybridized carbons (Fsp3) is 0.294. The summed E-state index contributed by atoms with van der Waals surface area (Å²) < 4.78 is 5.32. The maximum absolute atomic E-state index is 11.8.